The van der Waals surface area contributed by atoms with Crippen LogP contribution in [0.15, 0.2) is 24.3 Å². The molecule has 0 aromatic heterocycles. The minimum absolute atomic E-state index is 0.101. The number of aliphatic hydroxyl groups is 1. The van der Waals surface area contributed by atoms with Gasteiger partial charge in [-0.15, -0.1) is 0 Å². The Bertz CT molecular complexity index is 449. The lowest BCUT2D eigenvalue weighted by molar-refractivity contribution is -0.00155. The lowest BCUT2D eigenvalue weighted by atomic mass is 10.1. The minimum atomic E-state index is -2.91. The summed E-state index contributed by atoms with van der Waals surface area (Å²) in [5.41, 5.74) is 0.910. The number of aliphatic hydroxyl groups excluding tert-OH is 1. The fourth-order valence-electron chi connectivity index (χ4n) is 1.25. The molecule has 1 unspecified atom stereocenters. The highest BCUT2D eigenvalue weighted by molar-refractivity contribution is 5.95. The van der Waals surface area contributed by atoms with Crippen LogP contribution < -0.4 is 10.6 Å². The first-order valence-corrected chi connectivity index (χ1v) is 5.52. The van der Waals surface area contributed by atoms with Crippen molar-refractivity contribution in [1.82, 2.24) is 5.32 Å². The molecule has 0 aliphatic heterocycles. The van der Waals surface area contributed by atoms with Gasteiger partial charge in [0.15, 0.2) is 5.78 Å². The Kier molecular flexibility index (Phi) is 5.37. The van der Waals surface area contributed by atoms with Gasteiger partial charge in [-0.05, 0) is 31.2 Å². The third-order valence-corrected chi connectivity index (χ3v) is 2.31. The Hall–Kier alpha value is -2.02. The highest BCUT2D eigenvalue weighted by Crippen LogP contribution is 2.09. The summed E-state index contributed by atoms with van der Waals surface area (Å²) in [5.74, 6) is -0.101. The van der Waals surface area contributed by atoms with Gasteiger partial charge in [0, 0.05) is 11.3 Å². The minimum Gasteiger partial charge on any atom is -0.385 e. The van der Waals surface area contributed by atoms with E-state index in [2.05, 4.69) is 10.6 Å². The van der Waals surface area contributed by atoms with Gasteiger partial charge in [0.2, 0.25) is 0 Å². The zero-order valence-corrected chi connectivity index (χ0v) is 10.2. The molecule has 2 amide bonds. The van der Waals surface area contributed by atoms with Crippen molar-refractivity contribution in [3.8, 4) is 0 Å². The van der Waals surface area contributed by atoms with E-state index in [0.29, 0.717) is 11.3 Å². The molecular weight excluding hydrogens is 258 g/mol. The smallest absolute Gasteiger partial charge is 0.319 e. The molecular formula is C12H14F2N2O3. The van der Waals surface area contributed by atoms with Crippen LogP contribution in [0.25, 0.3) is 0 Å². The van der Waals surface area contributed by atoms with E-state index in [-0.39, 0.29) is 5.78 Å². The average molecular weight is 272 g/mol. The van der Waals surface area contributed by atoms with Crippen molar-refractivity contribution >= 4 is 17.5 Å². The molecule has 1 rings (SSSR count). The first-order chi connectivity index (χ1) is 8.90. The highest BCUT2D eigenvalue weighted by Gasteiger charge is 2.17. The Balaban J connectivity index is 2.46. The maximum atomic E-state index is 12.0. The molecule has 1 aromatic carbocycles. The number of benzene rings is 1. The van der Waals surface area contributed by atoms with Crippen LogP contribution in [0.5, 0.6) is 0 Å². The fourth-order valence-corrected chi connectivity index (χ4v) is 1.25. The summed E-state index contributed by atoms with van der Waals surface area (Å²) in [7, 11) is 0. The van der Waals surface area contributed by atoms with Gasteiger partial charge in [0.25, 0.3) is 6.43 Å². The summed E-state index contributed by atoms with van der Waals surface area (Å²) in [6.07, 6.45) is -4.80. The van der Waals surface area contributed by atoms with Crippen molar-refractivity contribution in [3.05, 3.63) is 29.8 Å². The van der Waals surface area contributed by atoms with Crippen LogP contribution in [-0.2, 0) is 0 Å². The molecule has 1 aromatic rings. The van der Waals surface area contributed by atoms with Crippen LogP contribution in [0.3, 0.4) is 0 Å². The summed E-state index contributed by atoms with van der Waals surface area (Å²) in [6, 6.07) is 5.38. The number of hydrogen-bond acceptors (Lipinski definition) is 3. The van der Waals surface area contributed by atoms with Crippen LogP contribution in [0.2, 0.25) is 0 Å². The number of urea groups is 1. The molecule has 0 aliphatic rings. The number of ketones is 1. The lowest BCUT2D eigenvalue weighted by Gasteiger charge is -2.11. The van der Waals surface area contributed by atoms with Crippen LogP contribution in [0, 0.1) is 0 Å². The largest absolute Gasteiger partial charge is 0.385 e. The van der Waals surface area contributed by atoms with Gasteiger partial charge in [-0.3, -0.25) is 4.79 Å². The molecule has 0 saturated heterocycles. The summed E-state index contributed by atoms with van der Waals surface area (Å²) in [4.78, 5) is 22.3. The molecule has 1 atom stereocenters. The van der Waals surface area contributed by atoms with Crippen molar-refractivity contribution in [1.29, 1.82) is 0 Å². The average Bonchev–Trinajstić information content (AvgIpc) is 2.36. The number of Topliss-reactive ketones (excluding diaryl/α,β-unsaturated/α-hetero) is 1. The number of halogens is 2. The van der Waals surface area contributed by atoms with Crippen LogP contribution >= 0.6 is 0 Å². The van der Waals surface area contributed by atoms with Gasteiger partial charge in [0.05, 0.1) is 6.54 Å². The van der Waals surface area contributed by atoms with Crippen molar-refractivity contribution in [3.63, 3.8) is 0 Å². The second-order valence-electron chi connectivity index (χ2n) is 3.87. The molecule has 104 valence electrons. The molecule has 0 radical (unpaired) electrons. The maximum Gasteiger partial charge on any atom is 0.319 e. The fraction of sp³-hybridized carbons (Fsp3) is 0.333. The Labute approximate surface area is 108 Å². The van der Waals surface area contributed by atoms with E-state index in [0.717, 1.165) is 0 Å². The van der Waals surface area contributed by atoms with Crippen molar-refractivity contribution in [2.45, 2.75) is 19.5 Å². The SMILES string of the molecule is CC(=O)c1ccc(NC(=O)NCC(O)C(F)F)cc1. The normalized spacial score (nSPS) is 12.1. The summed E-state index contributed by atoms with van der Waals surface area (Å²) < 4.78 is 23.9. The second kappa shape index (κ2) is 6.79. The number of amides is 2. The molecule has 5 nitrogen and oxygen atoms in total. The van der Waals surface area contributed by atoms with Gasteiger partial charge in [0.1, 0.15) is 6.10 Å². The number of anilines is 1. The Morgan fingerprint density at radius 3 is 2.32 bits per heavy atom. The number of hydrogen-bond donors (Lipinski definition) is 3. The quantitative estimate of drug-likeness (QED) is 0.713. The maximum absolute atomic E-state index is 12.0. The molecule has 0 fully saturated rings. The zero-order chi connectivity index (χ0) is 14.4. The topological polar surface area (TPSA) is 78.4 Å². The third-order valence-electron chi connectivity index (χ3n) is 2.31. The van der Waals surface area contributed by atoms with Crippen LogP contribution in [-0.4, -0.2) is 36.0 Å². The summed E-state index contributed by atoms with van der Waals surface area (Å²) in [5, 5.41) is 13.3. The van der Waals surface area contributed by atoms with E-state index in [4.69, 9.17) is 5.11 Å². The number of nitrogens with one attached hydrogen (secondary N) is 2. The predicted molar refractivity (Wildman–Crippen MR) is 65.5 cm³/mol. The zero-order valence-electron chi connectivity index (χ0n) is 10.2. The predicted octanol–water partition coefficient (Wildman–Crippen LogP) is 1.64. The van der Waals surface area contributed by atoms with E-state index >= 15 is 0 Å². The van der Waals surface area contributed by atoms with Gasteiger partial charge in [-0.1, -0.05) is 0 Å². The molecule has 0 heterocycles. The van der Waals surface area contributed by atoms with E-state index in [1.54, 1.807) is 0 Å². The molecule has 0 bridgehead atoms. The highest BCUT2D eigenvalue weighted by atomic mass is 19.3. The van der Waals surface area contributed by atoms with Gasteiger partial charge >= 0.3 is 6.03 Å². The number of rotatable bonds is 5. The first-order valence-electron chi connectivity index (χ1n) is 5.52. The lowest BCUT2D eigenvalue weighted by Crippen LogP contribution is -2.38. The van der Waals surface area contributed by atoms with Crippen molar-refractivity contribution < 1.29 is 23.5 Å². The van der Waals surface area contributed by atoms with Crippen molar-refractivity contribution in [2.24, 2.45) is 0 Å². The van der Waals surface area contributed by atoms with Gasteiger partial charge in [-0.2, -0.15) is 0 Å². The molecule has 19 heavy (non-hydrogen) atoms. The third kappa shape index (κ3) is 5.01. The number of alkyl halides is 2. The molecule has 3 N–H and O–H groups in total. The monoisotopic (exact) mass is 272 g/mol. The number of carbonyl (C=O) groups is 2. The Morgan fingerprint density at radius 2 is 1.84 bits per heavy atom. The second-order valence-corrected chi connectivity index (χ2v) is 3.87. The van der Waals surface area contributed by atoms with Crippen LogP contribution in [0.4, 0.5) is 19.3 Å². The van der Waals surface area contributed by atoms with Gasteiger partial charge < -0.3 is 15.7 Å². The summed E-state index contributed by atoms with van der Waals surface area (Å²) >= 11 is 0. The van der Waals surface area contributed by atoms with E-state index in [1.807, 2.05) is 0 Å². The molecule has 7 heteroatoms. The van der Waals surface area contributed by atoms with E-state index in [9.17, 15) is 18.4 Å². The van der Waals surface area contributed by atoms with Crippen molar-refractivity contribution in [2.75, 3.05) is 11.9 Å². The number of carbonyl (C=O) groups excluding carboxylic acids is 2. The standard InChI is InChI=1S/C12H14F2N2O3/c1-7(17)8-2-4-9(5-3-8)16-12(19)15-6-10(18)11(13)14/h2-5,10-11,18H,6H2,1H3,(H2,15,16,19). The molecule has 0 saturated carbocycles. The summed E-state index contributed by atoms with van der Waals surface area (Å²) in [6.45, 7) is 0.871. The molecule has 0 aliphatic carbocycles. The molecule has 0 spiro atoms. The van der Waals surface area contributed by atoms with Crippen LogP contribution in [0.1, 0.15) is 17.3 Å². The van der Waals surface area contributed by atoms with Gasteiger partial charge in [-0.25, -0.2) is 13.6 Å². The first kappa shape index (κ1) is 15.0. The van der Waals surface area contributed by atoms with E-state index in [1.165, 1.54) is 31.2 Å². The van der Waals surface area contributed by atoms with E-state index < -0.39 is 25.1 Å². The Morgan fingerprint density at radius 1 is 1.26 bits per heavy atom.